The van der Waals surface area contributed by atoms with Gasteiger partial charge in [0, 0.05) is 49.0 Å². The van der Waals surface area contributed by atoms with Gasteiger partial charge in [-0.25, -0.2) is 0 Å². The molecule has 0 aliphatic carbocycles. The fourth-order valence-electron chi connectivity index (χ4n) is 10.9. The van der Waals surface area contributed by atoms with Crippen LogP contribution in [-0.4, -0.2) is 36.2 Å². The molecule has 65 heavy (non-hydrogen) atoms. The van der Waals surface area contributed by atoms with E-state index >= 15 is 0 Å². The summed E-state index contributed by atoms with van der Waals surface area (Å²) in [6.45, 7) is 9.28. The van der Waals surface area contributed by atoms with E-state index in [1.54, 1.807) is 26.6 Å². The summed E-state index contributed by atoms with van der Waals surface area (Å²) in [4.78, 5) is 24.1. The van der Waals surface area contributed by atoms with Crippen molar-refractivity contribution in [3.63, 3.8) is 0 Å². The smallest absolute Gasteiger partial charge is 0.258 e. The molecule has 0 radical (unpaired) electrons. The normalized spacial score (nSPS) is 15.1. The first-order valence-electron chi connectivity index (χ1n) is 24.6. The summed E-state index contributed by atoms with van der Waals surface area (Å²) in [6, 6.07) is 25.0. The summed E-state index contributed by atoms with van der Waals surface area (Å²) < 4.78 is 0. The van der Waals surface area contributed by atoms with Gasteiger partial charge in [0.05, 0.1) is 16.8 Å². The quantitative estimate of drug-likeness (QED) is 0.0428. The predicted octanol–water partition coefficient (Wildman–Crippen LogP) is 13.2. The second-order valence-electron chi connectivity index (χ2n) is 18.8. The molecule has 0 saturated carbocycles. The Morgan fingerprint density at radius 2 is 1.12 bits per heavy atom. The standard InChI is InChI=1S/C54H67N5OS3Si2/c1-7-11-15-19-29-64(30-20-16-12-8-2)44-33-41(28-25-38-23-26-40(27-24-38)59(5)6)61-48(44)50-52(64)53-51(63-50)49-45(65(53,31-21-17-13-9-3)32-22-18-14-10-4)34-43(62-49)46-42(37-57)47(58-54(46)60)39(35-55)36-56/h23-28,33-34H,7-22,29-32H2,1-6H3,(H,58,60)/b28-25+. The van der Waals surface area contributed by atoms with Crippen LogP contribution in [0.15, 0.2) is 53.2 Å². The summed E-state index contributed by atoms with van der Waals surface area (Å²) in [5, 5.41) is 39.7. The number of thiophene rings is 3. The first-order chi connectivity index (χ1) is 31.7. The average molecular weight is 955 g/mol. The Morgan fingerprint density at radius 3 is 1.58 bits per heavy atom. The van der Waals surface area contributed by atoms with E-state index in [-0.39, 0.29) is 16.8 Å². The first kappa shape index (κ1) is 48.6. The number of unbranched alkanes of at least 4 members (excludes halogenated alkanes) is 12. The third-order valence-electron chi connectivity index (χ3n) is 14.3. The minimum absolute atomic E-state index is 0.0482. The number of benzene rings is 1. The highest BCUT2D eigenvalue weighted by Gasteiger charge is 2.57. The average Bonchev–Trinajstić information content (AvgIpc) is 4.15. The summed E-state index contributed by atoms with van der Waals surface area (Å²) >= 11 is 5.78. The molecule has 6 nitrogen and oxygen atoms in total. The number of hydrogen-bond acceptors (Lipinski definition) is 8. The van der Waals surface area contributed by atoms with Crippen molar-refractivity contribution in [2.24, 2.45) is 0 Å². The molecule has 11 heteroatoms. The van der Waals surface area contributed by atoms with Crippen LogP contribution in [0.2, 0.25) is 24.2 Å². The third kappa shape index (κ3) is 9.50. The molecule has 0 spiro atoms. The van der Waals surface area contributed by atoms with Crippen LogP contribution in [0.3, 0.4) is 0 Å². The number of nitriles is 3. The van der Waals surface area contributed by atoms with Crippen LogP contribution in [0.25, 0.3) is 37.2 Å². The van der Waals surface area contributed by atoms with Crippen LogP contribution in [0, 0.1) is 34.0 Å². The van der Waals surface area contributed by atoms with Gasteiger partial charge in [-0.1, -0.05) is 149 Å². The van der Waals surface area contributed by atoms with E-state index in [9.17, 15) is 20.6 Å². The molecule has 3 aromatic heterocycles. The zero-order valence-corrected chi connectivity index (χ0v) is 44.1. The van der Waals surface area contributed by atoms with E-state index in [0.717, 1.165) is 4.88 Å². The Kier molecular flexibility index (Phi) is 16.5. The summed E-state index contributed by atoms with van der Waals surface area (Å²) in [5.74, 6) is -0.394. The molecular weight excluding hydrogens is 887 g/mol. The molecule has 6 heterocycles. The van der Waals surface area contributed by atoms with E-state index in [0.29, 0.717) is 5.57 Å². The SMILES string of the molecule is CCCCCC[Si]1(CCCCCC)c2cc(/C=C/c3ccc(N(C)C)cc3)sc2-c2sc3c(c21)[Si](CCCCCC)(CCCCCC)c1cc(C2=C(C#N)C(=C(C#N)C#N)NC2=O)sc1-3. The molecular formula is C54H67N5OS3Si2. The second kappa shape index (κ2) is 22.0. The number of allylic oxidation sites excluding steroid dienone is 2. The number of rotatable bonds is 24. The maximum atomic E-state index is 13.9. The molecule has 0 bridgehead atoms. The van der Waals surface area contributed by atoms with E-state index in [1.807, 2.05) is 28.7 Å². The minimum atomic E-state index is -2.42. The molecule has 1 N–H and O–H groups in total. The zero-order chi connectivity index (χ0) is 46.1. The van der Waals surface area contributed by atoms with Gasteiger partial charge in [0.15, 0.2) is 5.57 Å². The summed E-state index contributed by atoms with van der Waals surface area (Å²) in [7, 11) is -0.504. The number of carbonyl (C=O) groups excluding carboxylic acids is 1. The maximum Gasteiger partial charge on any atom is 0.258 e. The molecule has 0 fully saturated rings. The zero-order valence-electron chi connectivity index (χ0n) is 39.7. The predicted molar refractivity (Wildman–Crippen MR) is 285 cm³/mol. The Bertz CT molecular complexity index is 2540. The number of carbonyl (C=O) groups is 1. The van der Waals surface area contributed by atoms with Crippen LogP contribution in [0.5, 0.6) is 0 Å². The van der Waals surface area contributed by atoms with Gasteiger partial charge in [-0.2, -0.15) is 15.8 Å². The van der Waals surface area contributed by atoms with Gasteiger partial charge < -0.3 is 10.2 Å². The molecule has 0 saturated heterocycles. The number of amides is 1. The highest BCUT2D eigenvalue weighted by molar-refractivity contribution is 7.37. The fraction of sp³-hybridized carbons (Fsp3) is 0.481. The van der Waals surface area contributed by atoms with Gasteiger partial charge in [-0.05, 0) is 80.8 Å². The van der Waals surface area contributed by atoms with Gasteiger partial charge in [-0.3, -0.25) is 4.79 Å². The second-order valence-corrected chi connectivity index (χ2v) is 30.3. The lowest BCUT2D eigenvalue weighted by Gasteiger charge is -2.36. The van der Waals surface area contributed by atoms with Gasteiger partial charge >= 0.3 is 0 Å². The maximum absolute atomic E-state index is 13.9. The van der Waals surface area contributed by atoms with Crippen molar-refractivity contribution >= 4 is 100 Å². The van der Waals surface area contributed by atoms with Crippen LogP contribution in [-0.2, 0) is 4.79 Å². The van der Waals surface area contributed by atoms with Gasteiger partial charge in [0.1, 0.15) is 34.4 Å². The fourth-order valence-corrected chi connectivity index (χ4v) is 30.4. The van der Waals surface area contributed by atoms with Crippen LogP contribution < -0.4 is 31.0 Å². The van der Waals surface area contributed by atoms with Crippen molar-refractivity contribution in [1.82, 2.24) is 5.32 Å². The Labute approximate surface area is 403 Å². The van der Waals surface area contributed by atoms with Gasteiger partial charge in [0.25, 0.3) is 5.91 Å². The number of nitrogens with one attached hydrogen (secondary N) is 1. The van der Waals surface area contributed by atoms with Crippen molar-refractivity contribution in [2.75, 3.05) is 19.0 Å². The highest BCUT2D eigenvalue weighted by Crippen LogP contribution is 2.51. The third-order valence-corrected chi connectivity index (χ3v) is 29.6. The molecule has 1 aromatic carbocycles. The molecule has 3 aliphatic heterocycles. The summed E-state index contributed by atoms with van der Waals surface area (Å²) in [6.07, 6.45) is 24.6. The van der Waals surface area contributed by atoms with E-state index in [2.05, 4.69) is 118 Å². The molecule has 0 unspecified atom stereocenters. The van der Waals surface area contributed by atoms with Crippen molar-refractivity contribution in [2.45, 2.75) is 155 Å². The first-order valence-corrected chi connectivity index (χ1v) is 31.9. The van der Waals surface area contributed by atoms with E-state index in [1.165, 1.54) is 163 Å². The highest BCUT2D eigenvalue weighted by atomic mass is 32.1. The Morgan fingerprint density at radius 1 is 0.631 bits per heavy atom. The van der Waals surface area contributed by atoms with Crippen molar-refractivity contribution in [3.05, 3.63) is 68.6 Å². The summed E-state index contributed by atoms with van der Waals surface area (Å²) in [5.41, 5.74) is 2.67. The van der Waals surface area contributed by atoms with Crippen molar-refractivity contribution in [1.29, 1.82) is 15.8 Å². The minimum Gasteiger partial charge on any atom is -0.378 e. The van der Waals surface area contributed by atoms with Crippen LogP contribution in [0.1, 0.15) is 146 Å². The van der Waals surface area contributed by atoms with E-state index < -0.39 is 22.1 Å². The molecule has 7 rings (SSSR count). The van der Waals surface area contributed by atoms with Gasteiger partial charge in [-0.15, -0.1) is 34.0 Å². The molecule has 340 valence electrons. The number of hydrogen-bond donors (Lipinski definition) is 1. The van der Waals surface area contributed by atoms with E-state index in [4.69, 9.17) is 0 Å². The Balaban J connectivity index is 1.47. The van der Waals surface area contributed by atoms with Gasteiger partial charge in [0.2, 0.25) is 0 Å². The van der Waals surface area contributed by atoms with Crippen LogP contribution >= 0.6 is 34.0 Å². The van der Waals surface area contributed by atoms with Crippen LogP contribution in [0.4, 0.5) is 5.69 Å². The number of anilines is 1. The lowest BCUT2D eigenvalue weighted by Crippen LogP contribution is -2.67. The monoisotopic (exact) mass is 953 g/mol. The lowest BCUT2D eigenvalue weighted by atomic mass is 10.1. The topological polar surface area (TPSA) is 104 Å². The molecule has 0 atom stereocenters. The largest absolute Gasteiger partial charge is 0.378 e. The lowest BCUT2D eigenvalue weighted by molar-refractivity contribution is -0.114. The number of nitrogens with zero attached hydrogens (tertiary/aromatic N) is 4. The number of fused-ring (bicyclic) bond motifs is 7. The van der Waals surface area contributed by atoms with Crippen molar-refractivity contribution < 1.29 is 4.79 Å². The molecule has 1 amide bonds. The molecule has 3 aliphatic rings. The molecule has 4 aromatic rings. The Hall–Kier alpha value is -4.29. The van der Waals surface area contributed by atoms with Crippen molar-refractivity contribution in [3.8, 4) is 37.7 Å².